The number of hydrogen-bond donors (Lipinski definition) is 1. The topological polar surface area (TPSA) is 60.2 Å². The molecule has 0 saturated heterocycles. The predicted molar refractivity (Wildman–Crippen MR) is 68.3 cm³/mol. The molecule has 5 nitrogen and oxygen atoms in total. The third kappa shape index (κ3) is 2.87. The predicted octanol–water partition coefficient (Wildman–Crippen LogP) is 2.24. The van der Waals surface area contributed by atoms with Crippen molar-refractivity contribution in [1.29, 1.82) is 0 Å². The maximum atomic E-state index is 5.60. The quantitative estimate of drug-likeness (QED) is 0.878. The Morgan fingerprint density at radius 1 is 1.28 bits per heavy atom. The molecule has 0 aliphatic heterocycles. The van der Waals surface area contributed by atoms with Crippen molar-refractivity contribution >= 4 is 0 Å². The molecule has 0 spiro atoms. The lowest BCUT2D eigenvalue weighted by molar-refractivity contribution is 0.412. The fourth-order valence-corrected chi connectivity index (χ4v) is 1.55. The number of aromatic nitrogens is 2. The Labute approximate surface area is 106 Å². The first-order chi connectivity index (χ1) is 8.70. The third-order valence-corrected chi connectivity index (χ3v) is 2.47. The Balaban J connectivity index is 2.18. The van der Waals surface area contributed by atoms with Crippen LogP contribution in [0, 0.1) is 0 Å². The summed E-state index contributed by atoms with van der Waals surface area (Å²) in [6.07, 6.45) is 0. The molecule has 18 heavy (non-hydrogen) atoms. The van der Waals surface area contributed by atoms with Crippen LogP contribution >= 0.6 is 0 Å². The number of nitrogens with one attached hydrogen (secondary N) is 1. The van der Waals surface area contributed by atoms with Gasteiger partial charge >= 0.3 is 0 Å². The van der Waals surface area contributed by atoms with Crippen molar-refractivity contribution < 1.29 is 9.15 Å². The molecule has 0 aliphatic carbocycles. The molecule has 0 radical (unpaired) electrons. The second-order valence-corrected chi connectivity index (χ2v) is 4.24. The number of rotatable bonds is 5. The molecule has 0 saturated carbocycles. The van der Waals surface area contributed by atoms with Gasteiger partial charge in [-0.15, -0.1) is 10.2 Å². The van der Waals surface area contributed by atoms with Gasteiger partial charge in [0.05, 0.1) is 19.2 Å². The number of hydrogen-bond acceptors (Lipinski definition) is 5. The van der Waals surface area contributed by atoms with Crippen LogP contribution in [0.25, 0.3) is 11.5 Å². The Morgan fingerprint density at radius 2 is 2.06 bits per heavy atom. The van der Waals surface area contributed by atoms with Crippen LogP contribution < -0.4 is 10.1 Å². The highest BCUT2D eigenvalue weighted by Gasteiger charge is 2.12. The van der Waals surface area contributed by atoms with Gasteiger partial charge in [0, 0.05) is 6.04 Å². The van der Waals surface area contributed by atoms with Crippen molar-refractivity contribution in [1.82, 2.24) is 15.5 Å². The zero-order valence-electron chi connectivity index (χ0n) is 10.8. The van der Waals surface area contributed by atoms with Crippen LogP contribution in [0.2, 0.25) is 0 Å². The molecule has 0 bridgehead atoms. The van der Waals surface area contributed by atoms with E-state index in [9.17, 15) is 0 Å². The van der Waals surface area contributed by atoms with Gasteiger partial charge < -0.3 is 14.5 Å². The summed E-state index contributed by atoms with van der Waals surface area (Å²) >= 11 is 0. The lowest BCUT2D eigenvalue weighted by atomic mass is 10.2. The molecule has 1 aromatic carbocycles. The Kier molecular flexibility index (Phi) is 3.94. The van der Waals surface area contributed by atoms with E-state index in [1.54, 1.807) is 7.11 Å². The molecule has 96 valence electrons. The van der Waals surface area contributed by atoms with Gasteiger partial charge in [-0.2, -0.15) is 0 Å². The molecule has 1 aromatic heterocycles. The summed E-state index contributed by atoms with van der Waals surface area (Å²) in [4.78, 5) is 0. The fourth-order valence-electron chi connectivity index (χ4n) is 1.55. The number of nitrogens with zero attached hydrogens (tertiary/aromatic N) is 2. The first-order valence-corrected chi connectivity index (χ1v) is 5.90. The lowest BCUT2D eigenvalue weighted by Gasteiger charge is -2.04. The third-order valence-electron chi connectivity index (χ3n) is 2.47. The van der Waals surface area contributed by atoms with Gasteiger partial charge in [0.1, 0.15) is 5.75 Å². The normalized spacial score (nSPS) is 10.9. The molecule has 0 aliphatic rings. The highest BCUT2D eigenvalue weighted by atomic mass is 16.5. The van der Waals surface area contributed by atoms with Gasteiger partial charge in [-0.25, -0.2) is 0 Å². The summed E-state index contributed by atoms with van der Waals surface area (Å²) in [7, 11) is 1.62. The van der Waals surface area contributed by atoms with Crippen LogP contribution in [0.1, 0.15) is 19.7 Å². The van der Waals surface area contributed by atoms with Crippen LogP contribution in [0.4, 0.5) is 0 Å². The smallest absolute Gasteiger partial charge is 0.251 e. The average molecular weight is 247 g/mol. The molecular formula is C13H17N3O2. The van der Waals surface area contributed by atoms with E-state index >= 15 is 0 Å². The standard InChI is InChI=1S/C13H17N3O2/c1-9(2)14-8-12-15-16-13(18-12)10-6-4-5-7-11(10)17-3/h4-7,9,14H,8H2,1-3H3. The Bertz CT molecular complexity index is 508. The summed E-state index contributed by atoms with van der Waals surface area (Å²) < 4.78 is 10.9. The highest BCUT2D eigenvalue weighted by molar-refractivity contribution is 5.62. The summed E-state index contributed by atoms with van der Waals surface area (Å²) in [6, 6.07) is 7.96. The fraction of sp³-hybridized carbons (Fsp3) is 0.385. The minimum atomic E-state index is 0.381. The summed E-state index contributed by atoms with van der Waals surface area (Å²) in [6.45, 7) is 4.70. The summed E-state index contributed by atoms with van der Waals surface area (Å²) in [5, 5.41) is 11.3. The molecule has 0 atom stereocenters. The molecule has 2 aromatic rings. The van der Waals surface area contributed by atoms with E-state index in [1.807, 2.05) is 24.3 Å². The average Bonchev–Trinajstić information content (AvgIpc) is 2.85. The molecular weight excluding hydrogens is 230 g/mol. The Hall–Kier alpha value is -1.88. The van der Waals surface area contributed by atoms with Crippen molar-refractivity contribution in [2.24, 2.45) is 0 Å². The van der Waals surface area contributed by atoms with E-state index in [-0.39, 0.29) is 0 Å². The van der Waals surface area contributed by atoms with Gasteiger partial charge in [-0.3, -0.25) is 0 Å². The molecule has 0 fully saturated rings. The van der Waals surface area contributed by atoms with Crippen molar-refractivity contribution in [2.75, 3.05) is 7.11 Å². The molecule has 5 heteroatoms. The van der Waals surface area contributed by atoms with Gasteiger partial charge in [0.15, 0.2) is 0 Å². The van der Waals surface area contributed by atoms with Crippen LogP contribution in [0.5, 0.6) is 5.75 Å². The van der Waals surface area contributed by atoms with E-state index in [1.165, 1.54) is 0 Å². The van der Waals surface area contributed by atoms with E-state index in [2.05, 4.69) is 29.4 Å². The minimum absolute atomic E-state index is 0.381. The summed E-state index contributed by atoms with van der Waals surface area (Å²) in [5.74, 6) is 1.78. The van der Waals surface area contributed by atoms with E-state index in [0.717, 1.165) is 11.3 Å². The molecule has 1 N–H and O–H groups in total. The van der Waals surface area contributed by atoms with Crippen molar-refractivity contribution in [3.8, 4) is 17.2 Å². The number of para-hydroxylation sites is 1. The Morgan fingerprint density at radius 3 is 2.78 bits per heavy atom. The SMILES string of the molecule is COc1ccccc1-c1nnc(CNC(C)C)o1. The highest BCUT2D eigenvalue weighted by Crippen LogP contribution is 2.28. The monoisotopic (exact) mass is 247 g/mol. The largest absolute Gasteiger partial charge is 0.496 e. The second-order valence-electron chi connectivity index (χ2n) is 4.24. The number of ether oxygens (including phenoxy) is 1. The first-order valence-electron chi connectivity index (χ1n) is 5.90. The van der Waals surface area contributed by atoms with Crippen LogP contribution in [0.15, 0.2) is 28.7 Å². The molecule has 0 amide bonds. The molecule has 2 rings (SSSR count). The van der Waals surface area contributed by atoms with Gasteiger partial charge in [0.25, 0.3) is 5.89 Å². The second kappa shape index (κ2) is 5.64. The van der Waals surface area contributed by atoms with Crippen LogP contribution in [-0.2, 0) is 6.54 Å². The van der Waals surface area contributed by atoms with Crippen molar-refractivity contribution in [3.05, 3.63) is 30.2 Å². The van der Waals surface area contributed by atoms with E-state index in [0.29, 0.717) is 24.4 Å². The van der Waals surface area contributed by atoms with Gasteiger partial charge in [-0.05, 0) is 12.1 Å². The first kappa shape index (κ1) is 12.6. The van der Waals surface area contributed by atoms with Crippen molar-refractivity contribution in [3.63, 3.8) is 0 Å². The zero-order valence-corrected chi connectivity index (χ0v) is 10.8. The minimum Gasteiger partial charge on any atom is -0.496 e. The van der Waals surface area contributed by atoms with Gasteiger partial charge in [-0.1, -0.05) is 26.0 Å². The van der Waals surface area contributed by atoms with E-state index < -0.39 is 0 Å². The van der Waals surface area contributed by atoms with Crippen molar-refractivity contribution in [2.45, 2.75) is 26.4 Å². The number of methoxy groups -OCH3 is 1. The molecule has 0 unspecified atom stereocenters. The maximum Gasteiger partial charge on any atom is 0.251 e. The molecule has 1 heterocycles. The lowest BCUT2D eigenvalue weighted by Crippen LogP contribution is -2.21. The van der Waals surface area contributed by atoms with Crippen LogP contribution in [0.3, 0.4) is 0 Å². The van der Waals surface area contributed by atoms with E-state index in [4.69, 9.17) is 9.15 Å². The summed E-state index contributed by atoms with van der Waals surface area (Å²) in [5.41, 5.74) is 0.809. The zero-order chi connectivity index (χ0) is 13.0. The number of benzene rings is 1. The van der Waals surface area contributed by atoms with Crippen LogP contribution in [-0.4, -0.2) is 23.3 Å². The van der Waals surface area contributed by atoms with Gasteiger partial charge in [0.2, 0.25) is 5.89 Å². The maximum absolute atomic E-state index is 5.60.